The van der Waals surface area contributed by atoms with Crippen molar-refractivity contribution in [2.24, 2.45) is 7.05 Å². The fourth-order valence-electron chi connectivity index (χ4n) is 2.52. The Bertz CT molecular complexity index is 832. The molecular weight excluding hydrogens is 290 g/mol. The average Bonchev–Trinajstić information content (AvgIpc) is 3.09. The maximum atomic E-state index is 12.4. The first-order valence-electron chi connectivity index (χ1n) is 7.44. The van der Waals surface area contributed by atoms with Crippen LogP contribution >= 0.6 is 0 Å². The SMILES string of the molecule is Cc1nn(C)c(C)c1NC(=O)c1cc(Cc2ccccc2)[nH]n1. The quantitative estimate of drug-likeness (QED) is 0.778. The number of aromatic nitrogens is 4. The van der Waals surface area contributed by atoms with Crippen molar-refractivity contribution in [3.63, 3.8) is 0 Å². The van der Waals surface area contributed by atoms with Gasteiger partial charge in [-0.05, 0) is 25.5 Å². The number of carbonyl (C=O) groups excluding carboxylic acids is 1. The minimum absolute atomic E-state index is 0.236. The normalized spacial score (nSPS) is 10.7. The molecule has 0 saturated carbocycles. The molecule has 0 fully saturated rings. The number of carbonyl (C=O) groups is 1. The number of anilines is 1. The van der Waals surface area contributed by atoms with E-state index in [9.17, 15) is 4.79 Å². The van der Waals surface area contributed by atoms with E-state index >= 15 is 0 Å². The van der Waals surface area contributed by atoms with Gasteiger partial charge in [-0.2, -0.15) is 10.2 Å². The van der Waals surface area contributed by atoms with Gasteiger partial charge >= 0.3 is 0 Å². The molecule has 118 valence electrons. The van der Waals surface area contributed by atoms with Gasteiger partial charge in [-0.25, -0.2) is 0 Å². The van der Waals surface area contributed by atoms with Crippen LogP contribution in [0.2, 0.25) is 0 Å². The Morgan fingerprint density at radius 1 is 1.26 bits per heavy atom. The Labute approximate surface area is 134 Å². The summed E-state index contributed by atoms with van der Waals surface area (Å²) in [6, 6.07) is 11.8. The first kappa shape index (κ1) is 15.0. The maximum Gasteiger partial charge on any atom is 0.276 e. The topological polar surface area (TPSA) is 75.6 Å². The zero-order valence-electron chi connectivity index (χ0n) is 13.4. The Morgan fingerprint density at radius 3 is 2.65 bits per heavy atom. The van der Waals surface area contributed by atoms with Gasteiger partial charge in [-0.15, -0.1) is 0 Å². The number of amides is 1. The standard InChI is InChI=1S/C17H19N5O/c1-11-16(12(2)22(3)21-11)18-17(23)15-10-14(19-20-15)9-13-7-5-4-6-8-13/h4-8,10H,9H2,1-3H3,(H,18,23)(H,19,20). The molecule has 0 bridgehead atoms. The van der Waals surface area contributed by atoms with Crippen LogP contribution in [0, 0.1) is 13.8 Å². The monoisotopic (exact) mass is 309 g/mol. The van der Waals surface area contributed by atoms with Crippen molar-refractivity contribution in [1.29, 1.82) is 0 Å². The van der Waals surface area contributed by atoms with Gasteiger partial charge in [-0.1, -0.05) is 30.3 Å². The molecule has 0 aliphatic carbocycles. The van der Waals surface area contributed by atoms with E-state index < -0.39 is 0 Å². The third-order valence-electron chi connectivity index (χ3n) is 3.85. The van der Waals surface area contributed by atoms with Crippen molar-refractivity contribution in [3.05, 3.63) is 64.7 Å². The summed E-state index contributed by atoms with van der Waals surface area (Å²) in [6.07, 6.45) is 0.714. The third-order valence-corrected chi connectivity index (χ3v) is 3.85. The van der Waals surface area contributed by atoms with E-state index in [-0.39, 0.29) is 5.91 Å². The molecule has 2 heterocycles. The molecule has 6 nitrogen and oxygen atoms in total. The van der Waals surface area contributed by atoms with Crippen molar-refractivity contribution in [1.82, 2.24) is 20.0 Å². The van der Waals surface area contributed by atoms with Gasteiger partial charge in [0.15, 0.2) is 5.69 Å². The van der Waals surface area contributed by atoms with Gasteiger partial charge in [0.05, 0.1) is 17.1 Å². The Balaban J connectivity index is 1.74. The first-order valence-corrected chi connectivity index (χ1v) is 7.44. The van der Waals surface area contributed by atoms with Crippen molar-refractivity contribution >= 4 is 11.6 Å². The van der Waals surface area contributed by atoms with Crippen LogP contribution in [0.25, 0.3) is 0 Å². The largest absolute Gasteiger partial charge is 0.317 e. The highest BCUT2D eigenvalue weighted by molar-refractivity contribution is 6.03. The number of nitrogens with zero attached hydrogens (tertiary/aromatic N) is 3. The fraction of sp³-hybridized carbons (Fsp3) is 0.235. The molecule has 3 aromatic rings. The summed E-state index contributed by atoms with van der Waals surface area (Å²) in [5.41, 5.74) is 4.89. The Morgan fingerprint density at radius 2 is 2.00 bits per heavy atom. The molecule has 3 rings (SSSR count). The van der Waals surface area contributed by atoms with Gasteiger partial charge in [0.25, 0.3) is 5.91 Å². The van der Waals surface area contributed by atoms with Crippen LogP contribution in [0.3, 0.4) is 0 Å². The van der Waals surface area contributed by atoms with Gasteiger partial charge in [0, 0.05) is 19.2 Å². The lowest BCUT2D eigenvalue weighted by molar-refractivity contribution is 0.102. The van der Waals surface area contributed by atoms with Crippen LogP contribution in [0.1, 0.15) is 33.1 Å². The number of nitrogens with one attached hydrogen (secondary N) is 2. The molecule has 6 heteroatoms. The van der Waals surface area contributed by atoms with Crippen LogP contribution in [-0.4, -0.2) is 25.9 Å². The highest BCUT2D eigenvalue weighted by Gasteiger charge is 2.16. The first-order chi connectivity index (χ1) is 11.0. The van der Waals surface area contributed by atoms with E-state index in [0.717, 1.165) is 22.8 Å². The summed E-state index contributed by atoms with van der Waals surface area (Å²) in [5.74, 6) is -0.236. The molecular formula is C17H19N5O. The summed E-state index contributed by atoms with van der Waals surface area (Å²) in [7, 11) is 1.85. The molecule has 2 aromatic heterocycles. The van der Waals surface area contributed by atoms with Gasteiger partial charge < -0.3 is 5.32 Å². The minimum Gasteiger partial charge on any atom is -0.317 e. The summed E-state index contributed by atoms with van der Waals surface area (Å²) < 4.78 is 1.75. The predicted molar refractivity (Wildman–Crippen MR) is 88.5 cm³/mol. The van der Waals surface area contributed by atoms with Crippen LogP contribution in [0.4, 0.5) is 5.69 Å². The maximum absolute atomic E-state index is 12.4. The molecule has 0 aliphatic rings. The molecule has 23 heavy (non-hydrogen) atoms. The average molecular weight is 309 g/mol. The van der Waals surface area contributed by atoms with E-state index in [1.165, 1.54) is 5.56 Å². The lowest BCUT2D eigenvalue weighted by Gasteiger charge is -2.03. The highest BCUT2D eigenvalue weighted by atomic mass is 16.2. The molecule has 0 aliphatic heterocycles. The zero-order valence-corrected chi connectivity index (χ0v) is 13.4. The van der Waals surface area contributed by atoms with E-state index in [1.807, 2.05) is 51.2 Å². The fourth-order valence-corrected chi connectivity index (χ4v) is 2.52. The van der Waals surface area contributed by atoms with E-state index in [0.29, 0.717) is 12.1 Å². The number of rotatable bonds is 4. The van der Waals surface area contributed by atoms with Crippen LogP contribution in [-0.2, 0) is 13.5 Å². The van der Waals surface area contributed by atoms with Gasteiger partial charge in [0.2, 0.25) is 0 Å². The van der Waals surface area contributed by atoms with E-state index in [4.69, 9.17) is 0 Å². The summed E-state index contributed by atoms with van der Waals surface area (Å²) in [5, 5.41) is 14.2. The third kappa shape index (κ3) is 3.15. The predicted octanol–water partition coefficient (Wildman–Crippen LogP) is 2.60. The number of aromatic amines is 1. The van der Waals surface area contributed by atoms with Gasteiger partial charge in [0.1, 0.15) is 0 Å². The molecule has 0 unspecified atom stereocenters. The second-order valence-corrected chi connectivity index (χ2v) is 5.56. The summed E-state index contributed by atoms with van der Waals surface area (Å²) >= 11 is 0. The van der Waals surface area contributed by atoms with Crippen molar-refractivity contribution in [2.45, 2.75) is 20.3 Å². The van der Waals surface area contributed by atoms with Crippen LogP contribution in [0.5, 0.6) is 0 Å². The minimum atomic E-state index is -0.236. The number of aryl methyl sites for hydroxylation is 2. The smallest absolute Gasteiger partial charge is 0.276 e. The van der Waals surface area contributed by atoms with Crippen LogP contribution < -0.4 is 5.32 Å². The Kier molecular flexibility index (Phi) is 3.97. The lowest BCUT2D eigenvalue weighted by Crippen LogP contribution is -2.13. The molecule has 0 atom stereocenters. The molecule has 1 amide bonds. The number of H-pyrrole nitrogens is 1. The summed E-state index contributed by atoms with van der Waals surface area (Å²) in [6.45, 7) is 3.79. The summed E-state index contributed by atoms with van der Waals surface area (Å²) in [4.78, 5) is 12.4. The number of hydrogen-bond acceptors (Lipinski definition) is 3. The van der Waals surface area contributed by atoms with E-state index in [2.05, 4.69) is 20.6 Å². The number of benzene rings is 1. The lowest BCUT2D eigenvalue weighted by atomic mass is 10.1. The molecule has 1 aromatic carbocycles. The second kappa shape index (κ2) is 6.08. The van der Waals surface area contributed by atoms with Crippen molar-refractivity contribution in [3.8, 4) is 0 Å². The van der Waals surface area contributed by atoms with Crippen molar-refractivity contribution < 1.29 is 4.79 Å². The molecule has 2 N–H and O–H groups in total. The second-order valence-electron chi connectivity index (χ2n) is 5.56. The van der Waals surface area contributed by atoms with Crippen LogP contribution in [0.15, 0.2) is 36.4 Å². The molecule has 0 radical (unpaired) electrons. The molecule has 0 saturated heterocycles. The van der Waals surface area contributed by atoms with Crippen molar-refractivity contribution in [2.75, 3.05) is 5.32 Å². The highest BCUT2D eigenvalue weighted by Crippen LogP contribution is 2.19. The number of hydrogen-bond donors (Lipinski definition) is 2. The Hall–Kier alpha value is -2.89. The van der Waals surface area contributed by atoms with E-state index in [1.54, 1.807) is 10.7 Å². The van der Waals surface area contributed by atoms with Gasteiger partial charge in [-0.3, -0.25) is 14.6 Å². The molecule has 0 spiro atoms. The zero-order chi connectivity index (χ0) is 16.4.